The lowest BCUT2D eigenvalue weighted by atomic mass is 10.1. The number of aromatic nitrogens is 4. The van der Waals surface area contributed by atoms with Crippen LogP contribution in [-0.2, 0) is 6.54 Å². The molecule has 2 N–H and O–H groups in total. The van der Waals surface area contributed by atoms with Crippen molar-refractivity contribution in [1.82, 2.24) is 25.5 Å². The third kappa shape index (κ3) is 5.71. The number of thiophene rings is 1. The van der Waals surface area contributed by atoms with E-state index >= 15 is 0 Å². The summed E-state index contributed by atoms with van der Waals surface area (Å²) in [6, 6.07) is 7.94. The van der Waals surface area contributed by atoms with E-state index in [4.69, 9.17) is 4.99 Å². The molecule has 0 atom stereocenters. The summed E-state index contributed by atoms with van der Waals surface area (Å²) in [6.07, 6.45) is 11.0. The number of nitrogens with zero attached hydrogens (tertiary/aromatic N) is 4. The zero-order chi connectivity index (χ0) is 26.6. The number of Topliss-reactive ketones (excluding diaryl/α,β-unsaturated/α-hetero) is 1. The molecule has 194 valence electrons. The molecule has 0 saturated heterocycles. The summed E-state index contributed by atoms with van der Waals surface area (Å²) in [5, 5.41) is 11.8. The van der Waals surface area contributed by atoms with Gasteiger partial charge >= 0.3 is 0 Å². The molecule has 1 aliphatic rings. The van der Waals surface area contributed by atoms with Crippen molar-refractivity contribution in [2.45, 2.75) is 46.1 Å². The molecule has 4 heterocycles. The Morgan fingerprint density at radius 1 is 1.11 bits per heavy atom. The number of hydrogen-bond acceptors (Lipinski definition) is 7. The summed E-state index contributed by atoms with van der Waals surface area (Å²) < 4.78 is 0. The van der Waals surface area contributed by atoms with E-state index in [1.165, 1.54) is 37.0 Å². The van der Waals surface area contributed by atoms with Gasteiger partial charge in [-0.2, -0.15) is 5.10 Å². The van der Waals surface area contributed by atoms with E-state index in [0.29, 0.717) is 21.9 Å². The summed E-state index contributed by atoms with van der Waals surface area (Å²) in [5.41, 5.74) is 6.44. The standard InChI is InChI=1S/C30H32N6OS/c1-18(27-9-10-28(38-27)21(4)37)19(2)34-20(3)29-26-12-25(17-33-30(26)36-35-29)24-11-23(15-32-16-24)14-31-13-22-7-5-6-8-22/h9-12,15-17,22,31H,1,3,5-8,13-14H2,2,4H3,(H,33,35,36). The van der Waals surface area contributed by atoms with Gasteiger partial charge in [-0.05, 0) is 69.0 Å². The SMILES string of the molecule is C=C(C(C)=NC(=C)c1[nH]nc2ncc(-c3cncc(CNCC4CCCC4)c3)cc12)c1ccc(C(C)=O)s1. The number of nitrogens with one attached hydrogen (secondary N) is 2. The minimum atomic E-state index is 0.0429. The van der Waals surface area contributed by atoms with Crippen molar-refractivity contribution in [2.24, 2.45) is 10.9 Å². The largest absolute Gasteiger partial charge is 0.312 e. The van der Waals surface area contributed by atoms with Crippen molar-refractivity contribution in [2.75, 3.05) is 6.54 Å². The molecule has 1 saturated carbocycles. The molecule has 4 aromatic heterocycles. The first-order valence-electron chi connectivity index (χ1n) is 12.9. The van der Waals surface area contributed by atoms with Crippen LogP contribution in [0.4, 0.5) is 0 Å². The van der Waals surface area contributed by atoms with Gasteiger partial charge in [-0.25, -0.2) is 4.98 Å². The van der Waals surface area contributed by atoms with Gasteiger partial charge in [-0.1, -0.05) is 26.0 Å². The summed E-state index contributed by atoms with van der Waals surface area (Å²) in [7, 11) is 0. The molecule has 38 heavy (non-hydrogen) atoms. The number of aliphatic imine (C=N–C) groups is 1. The number of carbonyl (C=O) groups excluding carboxylic acids is 1. The summed E-state index contributed by atoms with van der Waals surface area (Å²) in [6.45, 7) is 13.7. The van der Waals surface area contributed by atoms with Crippen LogP contribution < -0.4 is 5.32 Å². The molecule has 0 aliphatic heterocycles. The zero-order valence-corrected chi connectivity index (χ0v) is 22.7. The van der Waals surface area contributed by atoms with Crippen LogP contribution in [0.1, 0.15) is 65.3 Å². The van der Waals surface area contributed by atoms with Crippen molar-refractivity contribution in [3.63, 3.8) is 0 Å². The zero-order valence-electron chi connectivity index (χ0n) is 21.9. The molecule has 0 spiro atoms. The number of rotatable bonds is 10. The van der Waals surface area contributed by atoms with Crippen LogP contribution in [-0.4, -0.2) is 38.2 Å². The van der Waals surface area contributed by atoms with Crippen molar-refractivity contribution in [3.8, 4) is 11.1 Å². The van der Waals surface area contributed by atoms with Crippen molar-refractivity contribution >= 4 is 45.1 Å². The van der Waals surface area contributed by atoms with Gasteiger partial charge in [-0.3, -0.25) is 19.9 Å². The maximum atomic E-state index is 11.7. The molecule has 8 heteroatoms. The van der Waals surface area contributed by atoms with E-state index in [1.807, 2.05) is 37.6 Å². The first kappa shape index (κ1) is 25.9. The Morgan fingerprint density at radius 3 is 2.63 bits per heavy atom. The Bertz CT molecular complexity index is 1540. The topological polar surface area (TPSA) is 95.9 Å². The third-order valence-corrected chi connectivity index (χ3v) is 8.30. The van der Waals surface area contributed by atoms with Gasteiger partial charge < -0.3 is 5.32 Å². The first-order valence-corrected chi connectivity index (χ1v) is 13.7. The van der Waals surface area contributed by atoms with Crippen LogP contribution >= 0.6 is 11.3 Å². The normalized spacial score (nSPS) is 14.3. The molecule has 1 aliphatic carbocycles. The number of carbonyl (C=O) groups is 1. The van der Waals surface area contributed by atoms with E-state index in [0.717, 1.165) is 57.2 Å². The molecule has 1 fully saturated rings. The van der Waals surface area contributed by atoms with E-state index in [-0.39, 0.29) is 5.78 Å². The third-order valence-electron chi connectivity index (χ3n) is 7.05. The second-order valence-electron chi connectivity index (χ2n) is 9.90. The minimum absolute atomic E-state index is 0.0429. The lowest BCUT2D eigenvalue weighted by Gasteiger charge is -2.11. The van der Waals surface area contributed by atoms with Crippen molar-refractivity contribution < 1.29 is 4.79 Å². The number of hydrogen-bond donors (Lipinski definition) is 2. The fourth-order valence-corrected chi connectivity index (χ4v) is 5.77. The predicted molar refractivity (Wildman–Crippen MR) is 156 cm³/mol. The number of aromatic amines is 1. The fraction of sp³-hybridized carbons (Fsp3) is 0.300. The first-order chi connectivity index (χ1) is 18.4. The van der Waals surface area contributed by atoms with Crippen LogP contribution in [0.2, 0.25) is 0 Å². The van der Waals surface area contributed by atoms with Crippen molar-refractivity contribution in [1.29, 1.82) is 0 Å². The molecule has 0 bridgehead atoms. The molecule has 0 aromatic carbocycles. The van der Waals surface area contributed by atoms with E-state index in [9.17, 15) is 4.79 Å². The second-order valence-corrected chi connectivity index (χ2v) is 11.0. The number of allylic oxidation sites excluding steroid dienone is 1. The maximum Gasteiger partial charge on any atom is 0.181 e. The Labute approximate surface area is 226 Å². The van der Waals surface area contributed by atoms with Gasteiger partial charge in [-0.15, -0.1) is 11.3 Å². The molecular formula is C30H32N6OS. The van der Waals surface area contributed by atoms with Gasteiger partial charge in [0.2, 0.25) is 0 Å². The average molecular weight is 525 g/mol. The van der Waals surface area contributed by atoms with Gasteiger partial charge in [0.1, 0.15) is 0 Å². The fourth-order valence-electron chi connectivity index (χ4n) is 4.85. The monoisotopic (exact) mass is 524 g/mol. The molecule has 0 amide bonds. The average Bonchev–Trinajstić information content (AvgIpc) is 3.69. The highest BCUT2D eigenvalue weighted by Gasteiger charge is 2.15. The smallest absolute Gasteiger partial charge is 0.181 e. The molecule has 4 aromatic rings. The number of H-pyrrole nitrogens is 1. The van der Waals surface area contributed by atoms with E-state index in [2.05, 4.69) is 50.8 Å². The second kappa shape index (κ2) is 11.3. The lowest BCUT2D eigenvalue weighted by molar-refractivity contribution is 0.102. The number of pyridine rings is 2. The molecular weight excluding hydrogens is 492 g/mol. The predicted octanol–water partition coefficient (Wildman–Crippen LogP) is 6.71. The maximum absolute atomic E-state index is 11.7. The van der Waals surface area contributed by atoms with Gasteiger partial charge in [0.05, 0.1) is 16.3 Å². The van der Waals surface area contributed by atoms with Gasteiger partial charge in [0, 0.05) is 57.8 Å². The van der Waals surface area contributed by atoms with Gasteiger partial charge in [0.25, 0.3) is 0 Å². The molecule has 5 rings (SSSR count). The van der Waals surface area contributed by atoms with Crippen LogP contribution in [0.3, 0.4) is 0 Å². The Morgan fingerprint density at radius 2 is 1.87 bits per heavy atom. The van der Waals surface area contributed by atoms with Gasteiger partial charge in [0.15, 0.2) is 11.4 Å². The number of fused-ring (bicyclic) bond motifs is 1. The molecule has 0 radical (unpaired) electrons. The summed E-state index contributed by atoms with van der Waals surface area (Å²) in [4.78, 5) is 27.0. The highest BCUT2D eigenvalue weighted by atomic mass is 32.1. The summed E-state index contributed by atoms with van der Waals surface area (Å²) in [5.74, 6) is 0.846. The molecule has 7 nitrogen and oxygen atoms in total. The summed E-state index contributed by atoms with van der Waals surface area (Å²) >= 11 is 1.42. The number of ketones is 1. The van der Waals surface area contributed by atoms with Crippen LogP contribution in [0.5, 0.6) is 0 Å². The lowest BCUT2D eigenvalue weighted by Crippen LogP contribution is -2.20. The van der Waals surface area contributed by atoms with Crippen LogP contribution in [0.15, 0.2) is 61.0 Å². The Balaban J connectivity index is 1.34. The van der Waals surface area contributed by atoms with Crippen molar-refractivity contribution in [3.05, 3.63) is 77.0 Å². The molecule has 0 unspecified atom stereocenters. The highest BCUT2D eigenvalue weighted by molar-refractivity contribution is 7.15. The van der Waals surface area contributed by atoms with E-state index < -0.39 is 0 Å². The van der Waals surface area contributed by atoms with E-state index in [1.54, 1.807) is 6.92 Å². The Hall–Kier alpha value is -3.75. The Kier molecular flexibility index (Phi) is 7.72. The van der Waals surface area contributed by atoms with Crippen LogP contribution in [0, 0.1) is 5.92 Å². The highest BCUT2D eigenvalue weighted by Crippen LogP contribution is 2.29. The minimum Gasteiger partial charge on any atom is -0.312 e. The quantitative estimate of drug-likeness (QED) is 0.178. The van der Waals surface area contributed by atoms with Crippen LogP contribution in [0.25, 0.3) is 33.4 Å².